The maximum Gasteiger partial charge on any atom is 0.291 e. The minimum Gasteiger partial charge on any atom is -0.497 e. The van der Waals surface area contributed by atoms with Gasteiger partial charge in [-0.05, 0) is 37.5 Å². The van der Waals surface area contributed by atoms with Gasteiger partial charge in [0.2, 0.25) is 5.91 Å². The first-order valence-corrected chi connectivity index (χ1v) is 16.9. The number of carbonyl (C=O) groups excluding carboxylic acids is 1. The van der Waals surface area contributed by atoms with E-state index in [1.165, 1.54) is 21.1 Å². The highest BCUT2D eigenvalue weighted by molar-refractivity contribution is 7.89. The van der Waals surface area contributed by atoms with Gasteiger partial charge in [0.1, 0.15) is 11.3 Å². The molecule has 4 heterocycles. The molecule has 4 aromatic rings. The largest absolute Gasteiger partial charge is 0.497 e. The first-order chi connectivity index (χ1) is 21.4. The summed E-state index contributed by atoms with van der Waals surface area (Å²) in [5.74, 6) is 1.13. The topological polar surface area (TPSA) is 126 Å². The first-order valence-electron chi connectivity index (χ1n) is 14.6. The molecule has 0 radical (unpaired) electrons. The van der Waals surface area contributed by atoms with E-state index in [0.717, 1.165) is 5.56 Å². The molecule has 16 heteroatoms. The second kappa shape index (κ2) is 11.9. The molecule has 45 heavy (non-hydrogen) atoms. The Morgan fingerprint density at radius 2 is 1.80 bits per heavy atom. The van der Waals surface area contributed by atoms with Gasteiger partial charge in [-0.1, -0.05) is 37.3 Å². The highest BCUT2D eigenvalue weighted by atomic mass is 32.2. The van der Waals surface area contributed by atoms with Crippen LogP contribution in [0.25, 0.3) is 16.3 Å². The van der Waals surface area contributed by atoms with Gasteiger partial charge in [-0.15, -0.1) is 10.2 Å². The Morgan fingerprint density at radius 1 is 1.11 bits per heavy atom. The Balaban J connectivity index is 1.44. The van der Waals surface area contributed by atoms with Gasteiger partial charge in [-0.3, -0.25) is 9.20 Å². The van der Waals surface area contributed by atoms with E-state index in [1.54, 1.807) is 24.1 Å². The normalized spacial score (nSPS) is 16.7. The first kappa shape index (κ1) is 31.2. The van der Waals surface area contributed by atoms with Gasteiger partial charge in [-0.2, -0.15) is 4.31 Å². The molecule has 0 bridgehead atoms. The van der Waals surface area contributed by atoms with E-state index in [1.807, 2.05) is 37.8 Å². The lowest BCUT2D eigenvalue weighted by atomic mass is 10.1. The zero-order chi connectivity index (χ0) is 32.1. The zero-order valence-corrected chi connectivity index (χ0v) is 27.0. The van der Waals surface area contributed by atoms with Crippen LogP contribution in [-0.4, -0.2) is 86.9 Å². The number of alkyl halides is 2. The van der Waals surface area contributed by atoms with Gasteiger partial charge in [-0.25, -0.2) is 27.2 Å². The van der Waals surface area contributed by atoms with Crippen molar-refractivity contribution in [1.82, 2.24) is 33.8 Å². The van der Waals surface area contributed by atoms with Crippen molar-refractivity contribution in [3.05, 3.63) is 47.2 Å². The van der Waals surface area contributed by atoms with Crippen molar-refractivity contribution in [2.24, 2.45) is 5.92 Å². The van der Waals surface area contributed by atoms with Crippen LogP contribution in [0.4, 0.5) is 14.6 Å². The average molecular weight is 661 g/mol. The summed E-state index contributed by atoms with van der Waals surface area (Å²) in [4.78, 5) is 25.5. The molecule has 1 amide bonds. The van der Waals surface area contributed by atoms with E-state index in [-0.39, 0.29) is 34.2 Å². The minimum atomic E-state index is -4.18. The fourth-order valence-corrected chi connectivity index (χ4v) is 7.84. The Hall–Kier alpha value is -3.76. The van der Waals surface area contributed by atoms with Crippen molar-refractivity contribution in [3.63, 3.8) is 0 Å². The molecular weight excluding hydrogens is 627 g/mol. The van der Waals surface area contributed by atoms with Crippen molar-refractivity contribution in [3.8, 4) is 16.6 Å². The lowest BCUT2D eigenvalue weighted by Gasteiger charge is -2.36. The van der Waals surface area contributed by atoms with Crippen LogP contribution in [0, 0.1) is 5.92 Å². The molecule has 0 spiro atoms. The number of halogens is 2. The van der Waals surface area contributed by atoms with Crippen LogP contribution in [0.3, 0.4) is 0 Å². The molecule has 1 aromatic carbocycles. The SMILES string of the molecule is COc1ccc(CN(C2(C)CC2)S(=O)(=O)c2cn3c(-c4nnc(C(F)F)s4)ncc3c(N3CCN(C(=O)C(C)C)CC3)n2)cc1. The molecule has 0 atom stereocenters. The second-order valence-electron chi connectivity index (χ2n) is 11.8. The second-order valence-corrected chi connectivity index (χ2v) is 14.6. The van der Waals surface area contributed by atoms with E-state index >= 15 is 0 Å². The molecule has 1 aliphatic heterocycles. The number of fused-ring (bicyclic) bond motifs is 1. The molecule has 6 rings (SSSR count). The third kappa shape index (κ3) is 5.97. The van der Waals surface area contributed by atoms with Gasteiger partial charge in [0.15, 0.2) is 26.7 Å². The predicted molar refractivity (Wildman–Crippen MR) is 164 cm³/mol. The monoisotopic (exact) mass is 660 g/mol. The number of ether oxygens (including phenoxy) is 1. The fourth-order valence-electron chi connectivity index (χ4n) is 5.40. The standard InChI is InChI=1S/C29H34F2N8O4S2/c1-18(2)28(40)37-13-11-36(12-14-37)24-21-15-32-25(27-35-34-26(44-27)23(30)31)38(21)17-22(33-24)45(41,42)39(29(3)9-10-29)16-19-5-7-20(43-4)8-6-19/h5-8,15,17-18,23H,9-14,16H2,1-4H3. The quantitative estimate of drug-likeness (QED) is 0.246. The van der Waals surface area contributed by atoms with Crippen LogP contribution in [-0.2, 0) is 21.4 Å². The van der Waals surface area contributed by atoms with Crippen LogP contribution in [0.1, 0.15) is 50.6 Å². The van der Waals surface area contributed by atoms with Gasteiger partial charge in [0.25, 0.3) is 16.4 Å². The lowest BCUT2D eigenvalue weighted by Crippen LogP contribution is -2.50. The van der Waals surface area contributed by atoms with Gasteiger partial charge < -0.3 is 14.5 Å². The molecule has 2 aliphatic rings. The summed E-state index contributed by atoms with van der Waals surface area (Å²) in [6, 6.07) is 7.23. The number of hydrogen-bond donors (Lipinski definition) is 0. The van der Waals surface area contributed by atoms with Crippen molar-refractivity contribution in [2.45, 2.75) is 57.1 Å². The predicted octanol–water partition coefficient (Wildman–Crippen LogP) is 4.24. The van der Waals surface area contributed by atoms with E-state index < -0.39 is 27.0 Å². The lowest BCUT2D eigenvalue weighted by molar-refractivity contribution is -0.134. The van der Waals surface area contributed by atoms with Crippen LogP contribution in [0.15, 0.2) is 41.7 Å². The number of piperazine rings is 1. The summed E-state index contributed by atoms with van der Waals surface area (Å²) in [6.45, 7) is 7.48. The number of rotatable bonds is 10. The Morgan fingerprint density at radius 3 is 2.38 bits per heavy atom. The van der Waals surface area contributed by atoms with Crippen LogP contribution >= 0.6 is 11.3 Å². The fraction of sp³-hybridized carbons (Fsp3) is 0.483. The number of aromatic nitrogens is 5. The van der Waals surface area contributed by atoms with E-state index in [2.05, 4.69) is 15.2 Å². The Bertz CT molecular complexity index is 1820. The van der Waals surface area contributed by atoms with E-state index in [4.69, 9.17) is 9.72 Å². The van der Waals surface area contributed by atoms with Crippen LogP contribution in [0.2, 0.25) is 0 Å². The summed E-state index contributed by atoms with van der Waals surface area (Å²) >= 11 is 0.696. The van der Waals surface area contributed by atoms with Crippen molar-refractivity contribution in [1.29, 1.82) is 0 Å². The van der Waals surface area contributed by atoms with Crippen molar-refractivity contribution >= 4 is 38.6 Å². The zero-order valence-electron chi connectivity index (χ0n) is 25.4. The molecule has 2 fully saturated rings. The number of nitrogens with zero attached hydrogens (tertiary/aromatic N) is 8. The van der Waals surface area contributed by atoms with Crippen molar-refractivity contribution in [2.75, 3.05) is 38.2 Å². The van der Waals surface area contributed by atoms with Crippen LogP contribution < -0.4 is 9.64 Å². The highest BCUT2D eigenvalue weighted by Crippen LogP contribution is 2.45. The van der Waals surface area contributed by atoms with Gasteiger partial charge >= 0.3 is 0 Å². The van der Waals surface area contributed by atoms with Gasteiger partial charge in [0.05, 0.1) is 19.5 Å². The molecule has 1 saturated heterocycles. The molecular formula is C29H34F2N8O4S2. The number of imidazole rings is 1. The number of hydrogen-bond acceptors (Lipinski definition) is 10. The Labute approximate surface area is 263 Å². The summed E-state index contributed by atoms with van der Waals surface area (Å²) in [5.41, 5.74) is 0.679. The summed E-state index contributed by atoms with van der Waals surface area (Å²) < 4.78 is 64.1. The summed E-state index contributed by atoms with van der Waals surface area (Å²) in [6.07, 6.45) is 1.50. The molecule has 1 saturated carbocycles. The third-order valence-corrected chi connectivity index (χ3v) is 11.1. The van der Waals surface area contributed by atoms with E-state index in [0.29, 0.717) is 67.4 Å². The molecule has 0 N–H and O–H groups in total. The molecule has 3 aromatic heterocycles. The van der Waals surface area contributed by atoms with Gasteiger partial charge in [0, 0.05) is 44.2 Å². The summed E-state index contributed by atoms with van der Waals surface area (Å²) in [5, 5.41) is 6.98. The molecule has 12 nitrogen and oxygen atoms in total. The number of methoxy groups -OCH3 is 1. The number of sulfonamides is 1. The smallest absolute Gasteiger partial charge is 0.291 e. The Kier molecular flexibility index (Phi) is 8.24. The minimum absolute atomic E-state index is 0.0497. The average Bonchev–Trinajstić information content (AvgIpc) is 3.39. The number of amides is 1. The highest BCUT2D eigenvalue weighted by Gasteiger charge is 2.50. The summed E-state index contributed by atoms with van der Waals surface area (Å²) in [7, 11) is -2.62. The van der Waals surface area contributed by atoms with Crippen molar-refractivity contribution < 1.29 is 26.7 Å². The maximum absolute atomic E-state index is 14.5. The molecule has 0 unspecified atom stereocenters. The number of anilines is 1. The molecule has 1 aliphatic carbocycles. The number of carbonyl (C=O) groups is 1. The number of benzene rings is 1. The molecule has 240 valence electrons. The van der Waals surface area contributed by atoms with Crippen LogP contribution in [0.5, 0.6) is 5.75 Å². The van der Waals surface area contributed by atoms with E-state index in [9.17, 15) is 22.0 Å². The third-order valence-electron chi connectivity index (χ3n) is 8.30. The maximum atomic E-state index is 14.5.